The lowest BCUT2D eigenvalue weighted by Crippen LogP contribution is -2.26. The van der Waals surface area contributed by atoms with Gasteiger partial charge >= 0.3 is 0 Å². The number of nitrogens with two attached hydrogens (primary N) is 1. The topological polar surface area (TPSA) is 57.2 Å². The molecule has 0 unspecified atom stereocenters. The van der Waals surface area contributed by atoms with E-state index in [1.807, 2.05) is 37.3 Å². The highest BCUT2D eigenvalue weighted by Crippen LogP contribution is 2.29. The largest absolute Gasteiger partial charge is 0.493 e. The fraction of sp³-hybridized carbons (Fsp3) is 0.353. The number of benzene rings is 1. The van der Waals surface area contributed by atoms with Gasteiger partial charge in [-0.05, 0) is 37.1 Å². The monoisotopic (exact) mass is 286 g/mol. The molecular formula is C17H22N2O2. The Morgan fingerprint density at radius 1 is 1.19 bits per heavy atom. The molecule has 0 amide bonds. The van der Waals surface area contributed by atoms with Crippen LogP contribution in [0.25, 0.3) is 11.3 Å². The van der Waals surface area contributed by atoms with Crippen LogP contribution in [0.5, 0.6) is 5.75 Å². The third-order valence-electron chi connectivity index (χ3n) is 3.21. The summed E-state index contributed by atoms with van der Waals surface area (Å²) in [4.78, 5) is 12.4. The first-order chi connectivity index (χ1) is 10.0. The van der Waals surface area contributed by atoms with E-state index < -0.39 is 0 Å². The van der Waals surface area contributed by atoms with Crippen LogP contribution in [0.15, 0.2) is 41.2 Å². The summed E-state index contributed by atoms with van der Waals surface area (Å²) in [5, 5.41) is 0. The zero-order chi connectivity index (χ0) is 15.4. The Morgan fingerprint density at radius 2 is 1.90 bits per heavy atom. The van der Waals surface area contributed by atoms with Crippen molar-refractivity contribution in [1.29, 1.82) is 0 Å². The molecule has 2 N–H and O–H groups in total. The molecule has 4 heteroatoms. The maximum atomic E-state index is 12.4. The summed E-state index contributed by atoms with van der Waals surface area (Å²) in [5.41, 5.74) is 7.65. The summed E-state index contributed by atoms with van der Waals surface area (Å²) in [6, 6.07) is 11.3. The molecule has 0 radical (unpaired) electrons. The van der Waals surface area contributed by atoms with Crippen molar-refractivity contribution in [3.05, 3.63) is 46.8 Å². The number of nitrogens with zero attached hydrogens (tertiary/aromatic N) is 1. The number of anilines is 1. The minimum atomic E-state index is -0.146. The lowest BCUT2D eigenvalue weighted by Gasteiger charge is -2.18. The second kappa shape index (κ2) is 6.48. The number of hydrogen-bond acceptors (Lipinski definition) is 3. The average Bonchev–Trinajstić information content (AvgIpc) is 2.45. The van der Waals surface area contributed by atoms with Gasteiger partial charge in [0.1, 0.15) is 5.75 Å². The number of aromatic nitrogens is 1. The zero-order valence-electron chi connectivity index (χ0n) is 12.8. The second-order valence-corrected chi connectivity index (χ2v) is 5.41. The average molecular weight is 286 g/mol. The Bertz CT molecular complexity index is 675. The normalized spacial score (nSPS) is 10.9. The van der Waals surface area contributed by atoms with Gasteiger partial charge in [-0.3, -0.25) is 4.79 Å². The van der Waals surface area contributed by atoms with Crippen molar-refractivity contribution < 1.29 is 4.74 Å². The van der Waals surface area contributed by atoms with Crippen LogP contribution >= 0.6 is 0 Å². The van der Waals surface area contributed by atoms with Crippen molar-refractivity contribution in [1.82, 2.24) is 4.57 Å². The number of pyridine rings is 1. The van der Waals surface area contributed by atoms with Crippen molar-refractivity contribution >= 4 is 5.69 Å². The first-order valence-electron chi connectivity index (χ1n) is 7.26. The molecule has 0 aliphatic heterocycles. The van der Waals surface area contributed by atoms with E-state index in [1.54, 1.807) is 10.6 Å². The third kappa shape index (κ3) is 3.27. The first kappa shape index (κ1) is 15.2. The predicted molar refractivity (Wildman–Crippen MR) is 86.6 cm³/mol. The van der Waals surface area contributed by atoms with Crippen molar-refractivity contribution in [3.63, 3.8) is 0 Å². The van der Waals surface area contributed by atoms with Crippen molar-refractivity contribution in [2.75, 3.05) is 12.3 Å². The molecule has 0 aliphatic rings. The summed E-state index contributed by atoms with van der Waals surface area (Å²) < 4.78 is 7.41. The molecule has 1 aromatic heterocycles. The van der Waals surface area contributed by atoms with Gasteiger partial charge in [0.25, 0.3) is 5.56 Å². The highest BCUT2D eigenvalue weighted by atomic mass is 16.5. The van der Waals surface area contributed by atoms with Crippen LogP contribution in [-0.4, -0.2) is 11.2 Å². The van der Waals surface area contributed by atoms with Gasteiger partial charge in [-0.2, -0.15) is 0 Å². The quantitative estimate of drug-likeness (QED) is 0.918. The van der Waals surface area contributed by atoms with E-state index in [0.717, 1.165) is 17.0 Å². The molecule has 0 aliphatic carbocycles. The van der Waals surface area contributed by atoms with Crippen LogP contribution in [0.4, 0.5) is 5.69 Å². The van der Waals surface area contributed by atoms with Crippen LogP contribution in [0.3, 0.4) is 0 Å². The lowest BCUT2D eigenvalue weighted by molar-refractivity contribution is 0.341. The molecule has 0 fully saturated rings. The second-order valence-electron chi connectivity index (χ2n) is 5.41. The minimum absolute atomic E-state index is 0.146. The molecule has 112 valence electrons. The van der Waals surface area contributed by atoms with E-state index >= 15 is 0 Å². The minimum Gasteiger partial charge on any atom is -0.493 e. The standard InChI is InChI=1S/C17H22N2O2/c1-4-21-16-8-6-5-7-13(16)15-10-9-14(18)17(20)19(15)11-12(2)3/h5-10,12H,4,11,18H2,1-3H3. The molecule has 0 saturated carbocycles. The Balaban J connectivity index is 2.64. The fourth-order valence-corrected chi connectivity index (χ4v) is 2.34. The third-order valence-corrected chi connectivity index (χ3v) is 3.21. The number of nitrogen functional groups attached to an aromatic ring is 1. The number of rotatable bonds is 5. The number of ether oxygens (including phenoxy) is 1. The summed E-state index contributed by atoms with van der Waals surface area (Å²) >= 11 is 0. The summed E-state index contributed by atoms with van der Waals surface area (Å²) in [5.74, 6) is 1.13. The van der Waals surface area contributed by atoms with Crippen LogP contribution < -0.4 is 16.0 Å². The van der Waals surface area contributed by atoms with Crippen molar-refractivity contribution in [3.8, 4) is 17.0 Å². The molecule has 21 heavy (non-hydrogen) atoms. The Hall–Kier alpha value is -2.23. The fourth-order valence-electron chi connectivity index (χ4n) is 2.34. The van der Waals surface area contributed by atoms with Crippen LogP contribution in [-0.2, 0) is 6.54 Å². The molecule has 2 aromatic rings. The molecule has 1 heterocycles. The molecular weight excluding hydrogens is 264 g/mol. The van der Waals surface area contributed by atoms with E-state index in [1.165, 1.54) is 0 Å². The van der Waals surface area contributed by atoms with Crippen LogP contribution in [0.1, 0.15) is 20.8 Å². The highest BCUT2D eigenvalue weighted by molar-refractivity contribution is 5.68. The van der Waals surface area contributed by atoms with E-state index in [-0.39, 0.29) is 11.2 Å². The molecule has 0 bridgehead atoms. The first-order valence-corrected chi connectivity index (χ1v) is 7.26. The smallest absolute Gasteiger partial charge is 0.274 e. The summed E-state index contributed by atoms with van der Waals surface area (Å²) in [7, 11) is 0. The van der Waals surface area contributed by atoms with E-state index in [9.17, 15) is 4.79 Å². The van der Waals surface area contributed by atoms with Gasteiger partial charge in [0.15, 0.2) is 0 Å². The summed E-state index contributed by atoms with van der Waals surface area (Å²) in [6.45, 7) is 7.31. The van der Waals surface area contributed by atoms with Crippen molar-refractivity contribution in [2.24, 2.45) is 5.92 Å². The van der Waals surface area contributed by atoms with Crippen molar-refractivity contribution in [2.45, 2.75) is 27.3 Å². The van der Waals surface area contributed by atoms with E-state index in [4.69, 9.17) is 10.5 Å². The molecule has 0 spiro atoms. The van der Waals surface area contributed by atoms with Gasteiger partial charge in [-0.1, -0.05) is 26.0 Å². The zero-order valence-corrected chi connectivity index (χ0v) is 12.8. The lowest BCUT2D eigenvalue weighted by atomic mass is 10.1. The molecule has 2 rings (SSSR count). The maximum Gasteiger partial charge on any atom is 0.274 e. The van der Waals surface area contributed by atoms with Gasteiger partial charge in [-0.15, -0.1) is 0 Å². The SMILES string of the molecule is CCOc1ccccc1-c1ccc(N)c(=O)n1CC(C)C. The van der Waals surface area contributed by atoms with E-state index in [2.05, 4.69) is 13.8 Å². The van der Waals surface area contributed by atoms with E-state index in [0.29, 0.717) is 19.1 Å². The molecule has 1 aromatic carbocycles. The van der Waals surface area contributed by atoms with Crippen LogP contribution in [0.2, 0.25) is 0 Å². The van der Waals surface area contributed by atoms with Crippen LogP contribution in [0, 0.1) is 5.92 Å². The molecule has 4 nitrogen and oxygen atoms in total. The highest BCUT2D eigenvalue weighted by Gasteiger charge is 2.13. The Kier molecular flexibility index (Phi) is 4.68. The Labute approximate surface area is 125 Å². The predicted octanol–water partition coefficient (Wildman–Crippen LogP) is 3.15. The van der Waals surface area contributed by atoms with Gasteiger partial charge in [0, 0.05) is 12.1 Å². The molecule has 0 saturated heterocycles. The molecule has 0 atom stereocenters. The van der Waals surface area contributed by atoms with Gasteiger partial charge < -0.3 is 15.0 Å². The van der Waals surface area contributed by atoms with Gasteiger partial charge in [-0.25, -0.2) is 0 Å². The number of para-hydroxylation sites is 1. The van der Waals surface area contributed by atoms with Gasteiger partial charge in [0.05, 0.1) is 18.0 Å². The van der Waals surface area contributed by atoms with Gasteiger partial charge in [0.2, 0.25) is 0 Å². The Morgan fingerprint density at radius 3 is 2.57 bits per heavy atom. The summed E-state index contributed by atoms with van der Waals surface area (Å²) in [6.07, 6.45) is 0. The maximum absolute atomic E-state index is 12.4. The number of hydrogen-bond donors (Lipinski definition) is 1.